The summed E-state index contributed by atoms with van der Waals surface area (Å²) in [4.78, 5) is 2.63. The standard InChI is InChI=1S/C50H45N/c1-2-11-35-30-38(21-19-34(35)10-1)51(39-22-23-44-42(31-39)40-12-3-5-14-43(40)49(44)24-7-8-25-49)47-17-9-16-46-48(47)41-13-4-6-15-45(41)50(46)36-20-18-32-26-33(28-36)29-37(50)27-32/h1-6,9-17,19,21-23,30-33,36-37H,7-8,18,20,24-29H2. The van der Waals surface area contributed by atoms with Crippen molar-refractivity contribution in [2.45, 2.75) is 75.0 Å². The van der Waals surface area contributed by atoms with Crippen LogP contribution in [0.25, 0.3) is 33.0 Å². The molecule has 0 radical (unpaired) electrons. The van der Waals surface area contributed by atoms with Gasteiger partial charge in [0.2, 0.25) is 0 Å². The Labute approximate surface area is 302 Å². The summed E-state index contributed by atoms with van der Waals surface area (Å²) in [6.45, 7) is 0. The fourth-order valence-electron chi connectivity index (χ4n) is 13.4. The summed E-state index contributed by atoms with van der Waals surface area (Å²) in [6.07, 6.45) is 13.7. The van der Waals surface area contributed by atoms with Crippen LogP contribution in [0.2, 0.25) is 0 Å². The molecule has 0 amide bonds. The van der Waals surface area contributed by atoms with Gasteiger partial charge in [-0.05, 0) is 149 Å². The largest absolute Gasteiger partial charge is 0.310 e. The first-order valence-corrected chi connectivity index (χ1v) is 20.0. The molecular formula is C50H45N. The van der Waals surface area contributed by atoms with Gasteiger partial charge < -0.3 is 4.90 Å². The fraction of sp³-hybridized carbons (Fsp3) is 0.320. The Morgan fingerprint density at radius 2 is 1.16 bits per heavy atom. The maximum atomic E-state index is 2.63. The molecule has 5 unspecified atom stereocenters. The zero-order valence-electron chi connectivity index (χ0n) is 29.5. The summed E-state index contributed by atoms with van der Waals surface area (Å²) >= 11 is 0. The summed E-state index contributed by atoms with van der Waals surface area (Å²) < 4.78 is 0. The van der Waals surface area contributed by atoms with Gasteiger partial charge in [-0.3, -0.25) is 0 Å². The van der Waals surface area contributed by atoms with Crippen molar-refractivity contribution < 1.29 is 0 Å². The lowest BCUT2D eigenvalue weighted by molar-refractivity contribution is 0.0618. The molecule has 1 heteroatoms. The minimum Gasteiger partial charge on any atom is -0.310 e. The van der Waals surface area contributed by atoms with Gasteiger partial charge in [-0.15, -0.1) is 0 Å². The number of hydrogen-bond donors (Lipinski definition) is 0. The van der Waals surface area contributed by atoms with Crippen molar-refractivity contribution in [2.24, 2.45) is 23.7 Å². The van der Waals surface area contributed by atoms with Crippen LogP contribution in [-0.4, -0.2) is 0 Å². The Morgan fingerprint density at radius 1 is 0.471 bits per heavy atom. The fourth-order valence-corrected chi connectivity index (χ4v) is 13.4. The highest BCUT2D eigenvalue weighted by Gasteiger charge is 2.60. The summed E-state index contributed by atoms with van der Waals surface area (Å²) in [5.41, 5.74) is 16.4. The smallest absolute Gasteiger partial charge is 0.0543 e. The molecule has 4 bridgehead atoms. The second-order valence-corrected chi connectivity index (χ2v) is 17.2. The highest BCUT2D eigenvalue weighted by atomic mass is 15.1. The van der Waals surface area contributed by atoms with Gasteiger partial charge in [-0.1, -0.05) is 116 Å². The molecule has 6 aromatic carbocycles. The molecule has 0 aromatic heterocycles. The Morgan fingerprint density at radius 3 is 2.06 bits per heavy atom. The van der Waals surface area contributed by atoms with Crippen LogP contribution in [0.15, 0.2) is 127 Å². The molecule has 51 heavy (non-hydrogen) atoms. The quantitative estimate of drug-likeness (QED) is 0.183. The van der Waals surface area contributed by atoms with Crippen molar-refractivity contribution in [1.29, 1.82) is 0 Å². The highest BCUT2D eigenvalue weighted by molar-refractivity contribution is 5.98. The van der Waals surface area contributed by atoms with E-state index in [1.54, 1.807) is 22.3 Å². The van der Waals surface area contributed by atoms with Crippen LogP contribution in [0, 0.1) is 23.7 Å². The monoisotopic (exact) mass is 659 g/mol. The zero-order chi connectivity index (χ0) is 33.3. The van der Waals surface area contributed by atoms with Crippen LogP contribution in [-0.2, 0) is 10.8 Å². The molecule has 5 atom stereocenters. The van der Waals surface area contributed by atoms with E-state index in [0.717, 1.165) is 23.7 Å². The minimum absolute atomic E-state index is 0.133. The number of nitrogens with zero attached hydrogens (tertiary/aromatic N) is 1. The topological polar surface area (TPSA) is 3.24 Å². The first-order chi connectivity index (χ1) is 25.2. The van der Waals surface area contributed by atoms with E-state index in [1.807, 2.05) is 0 Å². The summed E-state index contributed by atoms with van der Waals surface area (Å²) in [5.74, 6) is 3.33. The van der Waals surface area contributed by atoms with E-state index in [2.05, 4.69) is 132 Å². The molecule has 7 aliphatic rings. The summed E-state index contributed by atoms with van der Waals surface area (Å²) in [7, 11) is 0. The number of rotatable bonds is 3. The van der Waals surface area contributed by atoms with E-state index in [4.69, 9.17) is 0 Å². The lowest BCUT2D eigenvalue weighted by Crippen LogP contribution is -2.48. The molecule has 2 spiro atoms. The highest BCUT2D eigenvalue weighted by Crippen LogP contribution is 2.69. The summed E-state index contributed by atoms with van der Waals surface area (Å²) in [5, 5.41) is 2.58. The van der Waals surface area contributed by atoms with E-state index in [0.29, 0.717) is 0 Å². The third kappa shape index (κ3) is 3.78. The molecule has 0 heterocycles. The average molecular weight is 660 g/mol. The molecular weight excluding hydrogens is 615 g/mol. The van der Waals surface area contributed by atoms with Gasteiger partial charge in [-0.2, -0.15) is 0 Å². The predicted octanol–water partition coefficient (Wildman–Crippen LogP) is 13.3. The molecule has 250 valence electrons. The summed E-state index contributed by atoms with van der Waals surface area (Å²) in [6, 6.07) is 49.9. The van der Waals surface area contributed by atoms with E-state index in [9.17, 15) is 0 Å². The average Bonchev–Trinajstić information content (AvgIpc) is 3.81. The molecule has 7 aliphatic carbocycles. The molecule has 1 nitrogen and oxygen atoms in total. The first kappa shape index (κ1) is 29.0. The van der Waals surface area contributed by atoms with Crippen molar-refractivity contribution in [2.75, 3.05) is 4.90 Å². The van der Waals surface area contributed by atoms with Crippen molar-refractivity contribution >= 4 is 27.8 Å². The zero-order valence-corrected chi connectivity index (χ0v) is 29.5. The normalized spacial score (nSPS) is 27.1. The van der Waals surface area contributed by atoms with Crippen LogP contribution in [0.4, 0.5) is 17.1 Å². The lowest BCUT2D eigenvalue weighted by atomic mass is 9.51. The van der Waals surface area contributed by atoms with E-state index in [-0.39, 0.29) is 10.8 Å². The molecule has 0 aliphatic heterocycles. The van der Waals surface area contributed by atoms with Crippen LogP contribution in [0.3, 0.4) is 0 Å². The molecule has 13 rings (SSSR count). The first-order valence-electron chi connectivity index (χ1n) is 20.0. The SMILES string of the molecule is c1ccc2c(c1)-c1cc(N(c3ccc4ccccc4c3)c3cccc4c3-c3ccccc3C43C4CCC5CC(C4)CC3C5)ccc1C21CCCC1. The van der Waals surface area contributed by atoms with Crippen molar-refractivity contribution in [1.82, 2.24) is 0 Å². The van der Waals surface area contributed by atoms with E-state index >= 15 is 0 Å². The van der Waals surface area contributed by atoms with Gasteiger partial charge in [-0.25, -0.2) is 0 Å². The van der Waals surface area contributed by atoms with Crippen LogP contribution >= 0.6 is 0 Å². The van der Waals surface area contributed by atoms with Gasteiger partial charge in [0.05, 0.1) is 5.69 Å². The van der Waals surface area contributed by atoms with Gasteiger partial charge in [0.25, 0.3) is 0 Å². The van der Waals surface area contributed by atoms with Gasteiger partial charge in [0.1, 0.15) is 0 Å². The Balaban J connectivity index is 1.12. The maximum absolute atomic E-state index is 2.63. The number of hydrogen-bond acceptors (Lipinski definition) is 1. The molecule has 0 N–H and O–H groups in total. The Bertz CT molecular complexity index is 2380. The number of anilines is 3. The van der Waals surface area contributed by atoms with Gasteiger partial charge >= 0.3 is 0 Å². The van der Waals surface area contributed by atoms with Crippen molar-refractivity contribution in [3.05, 3.63) is 150 Å². The Kier molecular flexibility index (Phi) is 5.96. The second-order valence-electron chi connectivity index (χ2n) is 17.2. The van der Waals surface area contributed by atoms with E-state index in [1.165, 1.54) is 114 Å². The van der Waals surface area contributed by atoms with Crippen LogP contribution < -0.4 is 4.90 Å². The number of benzene rings is 6. The van der Waals surface area contributed by atoms with E-state index < -0.39 is 0 Å². The minimum atomic E-state index is 0.133. The number of fused-ring (bicyclic) bond motifs is 10. The molecule has 6 aromatic rings. The predicted molar refractivity (Wildman–Crippen MR) is 211 cm³/mol. The second kappa shape index (κ2) is 10.5. The molecule has 5 fully saturated rings. The van der Waals surface area contributed by atoms with Crippen LogP contribution in [0.1, 0.15) is 86.5 Å². The maximum Gasteiger partial charge on any atom is 0.0543 e. The lowest BCUT2D eigenvalue weighted by Gasteiger charge is -2.53. The molecule has 0 saturated heterocycles. The van der Waals surface area contributed by atoms with Crippen molar-refractivity contribution in [3.8, 4) is 22.3 Å². The Hall–Kier alpha value is -4.62. The van der Waals surface area contributed by atoms with Crippen LogP contribution in [0.5, 0.6) is 0 Å². The van der Waals surface area contributed by atoms with Crippen molar-refractivity contribution in [3.63, 3.8) is 0 Å². The molecule has 5 saturated carbocycles. The van der Waals surface area contributed by atoms with Gasteiger partial charge in [0, 0.05) is 27.8 Å². The van der Waals surface area contributed by atoms with Gasteiger partial charge in [0.15, 0.2) is 0 Å². The third-order valence-corrected chi connectivity index (χ3v) is 15.1. The third-order valence-electron chi connectivity index (χ3n) is 15.1.